The van der Waals surface area contributed by atoms with E-state index in [1.165, 1.54) is 17.7 Å². The number of allylic oxidation sites excluding steroid dienone is 2. The molecule has 1 saturated carbocycles. The van der Waals surface area contributed by atoms with Crippen molar-refractivity contribution >= 4 is 39.0 Å². The zero-order valence-corrected chi connectivity index (χ0v) is 15.7. The minimum absolute atomic E-state index is 0.538. The number of thiophene rings is 1. The third-order valence-corrected chi connectivity index (χ3v) is 5.20. The molecule has 2 aromatic heterocycles. The van der Waals surface area contributed by atoms with Crippen LogP contribution in [-0.2, 0) is 6.42 Å². The van der Waals surface area contributed by atoms with Crippen LogP contribution in [0.5, 0.6) is 0 Å². The lowest BCUT2D eigenvalue weighted by Crippen LogP contribution is -2.13. The monoisotopic (exact) mass is 405 g/mol. The lowest BCUT2D eigenvalue weighted by atomic mass is 10.2. The van der Waals surface area contributed by atoms with Crippen LogP contribution in [0.3, 0.4) is 0 Å². The molecular formula is C17H20BrN5S. The third kappa shape index (κ3) is 4.82. The number of nitrogens with one attached hydrogen (secondary N) is 2. The second-order valence-corrected chi connectivity index (χ2v) is 7.61. The standard InChI is InChI=1S/C17H20BrN5S/c1-11(12-4-5-12)9-15(19)22-16-14(18)10-21-17(23-16)20-7-6-13-3-2-8-24-13/h2-3,8-10,12H,1,4-7,19H2,(H2,20,21,22,23)/b15-9+. The van der Waals surface area contributed by atoms with E-state index in [0.717, 1.165) is 23.0 Å². The topological polar surface area (TPSA) is 75.9 Å². The third-order valence-electron chi connectivity index (χ3n) is 3.68. The highest BCUT2D eigenvalue weighted by molar-refractivity contribution is 9.10. The van der Waals surface area contributed by atoms with Gasteiger partial charge in [-0.2, -0.15) is 4.98 Å². The first-order valence-electron chi connectivity index (χ1n) is 7.83. The maximum atomic E-state index is 6.04. The number of halogens is 1. The molecule has 1 aliphatic rings. The second kappa shape index (κ2) is 7.81. The van der Waals surface area contributed by atoms with Gasteiger partial charge in [0.15, 0.2) is 5.82 Å². The van der Waals surface area contributed by atoms with Gasteiger partial charge in [0.25, 0.3) is 0 Å². The van der Waals surface area contributed by atoms with Crippen molar-refractivity contribution in [1.29, 1.82) is 0 Å². The van der Waals surface area contributed by atoms with Gasteiger partial charge in [-0.1, -0.05) is 12.6 Å². The van der Waals surface area contributed by atoms with Crippen LogP contribution in [-0.4, -0.2) is 16.5 Å². The molecule has 5 nitrogen and oxygen atoms in total. The van der Waals surface area contributed by atoms with Crippen LogP contribution in [0, 0.1) is 5.92 Å². The fourth-order valence-electron chi connectivity index (χ4n) is 2.24. The molecule has 7 heteroatoms. The van der Waals surface area contributed by atoms with Gasteiger partial charge < -0.3 is 16.4 Å². The van der Waals surface area contributed by atoms with Gasteiger partial charge in [0.05, 0.1) is 4.47 Å². The molecule has 0 aromatic carbocycles. The Morgan fingerprint density at radius 1 is 1.50 bits per heavy atom. The Kier molecular flexibility index (Phi) is 5.52. The molecule has 126 valence electrons. The SMILES string of the molecule is C=C(/C=C(\N)Nc1nc(NCCc2cccs2)ncc1Br)C1CC1. The van der Waals surface area contributed by atoms with Crippen molar-refractivity contribution in [3.05, 3.63) is 57.1 Å². The van der Waals surface area contributed by atoms with Crippen molar-refractivity contribution in [2.75, 3.05) is 17.2 Å². The van der Waals surface area contributed by atoms with Gasteiger partial charge in [0.1, 0.15) is 5.82 Å². The van der Waals surface area contributed by atoms with E-state index >= 15 is 0 Å². The van der Waals surface area contributed by atoms with E-state index in [0.29, 0.717) is 23.5 Å². The van der Waals surface area contributed by atoms with Crippen molar-refractivity contribution in [1.82, 2.24) is 9.97 Å². The Morgan fingerprint density at radius 2 is 2.33 bits per heavy atom. The number of rotatable bonds is 8. The molecule has 3 rings (SSSR count). The van der Waals surface area contributed by atoms with Gasteiger partial charge in [0.2, 0.25) is 5.95 Å². The molecule has 2 heterocycles. The molecule has 0 amide bonds. The highest BCUT2D eigenvalue weighted by Crippen LogP contribution is 2.36. The number of hydrogen-bond donors (Lipinski definition) is 3. The maximum Gasteiger partial charge on any atom is 0.224 e. The largest absolute Gasteiger partial charge is 0.385 e. The van der Waals surface area contributed by atoms with Gasteiger partial charge in [-0.25, -0.2) is 4.98 Å². The fourth-order valence-corrected chi connectivity index (χ4v) is 3.24. The molecule has 4 N–H and O–H groups in total. The molecule has 0 saturated heterocycles. The predicted octanol–water partition coefficient (Wildman–Crippen LogP) is 4.13. The maximum absolute atomic E-state index is 6.04. The molecule has 2 aromatic rings. The Hall–Kier alpha value is -1.86. The number of nitrogens with two attached hydrogens (primary N) is 1. The van der Waals surface area contributed by atoms with E-state index in [4.69, 9.17) is 5.73 Å². The van der Waals surface area contributed by atoms with E-state index in [2.05, 4.69) is 60.6 Å². The molecule has 0 unspecified atom stereocenters. The lowest BCUT2D eigenvalue weighted by molar-refractivity contribution is 0.996. The summed E-state index contributed by atoms with van der Waals surface area (Å²) in [5, 5.41) is 8.43. The van der Waals surface area contributed by atoms with Crippen molar-refractivity contribution in [3.8, 4) is 0 Å². The van der Waals surface area contributed by atoms with E-state index in [1.807, 2.05) is 6.08 Å². The summed E-state index contributed by atoms with van der Waals surface area (Å²) in [4.78, 5) is 10.1. The Morgan fingerprint density at radius 3 is 3.04 bits per heavy atom. The molecule has 0 atom stereocenters. The van der Waals surface area contributed by atoms with Crippen LogP contribution in [0.25, 0.3) is 0 Å². The summed E-state index contributed by atoms with van der Waals surface area (Å²) in [7, 11) is 0. The summed E-state index contributed by atoms with van der Waals surface area (Å²) in [5.74, 6) is 2.34. The van der Waals surface area contributed by atoms with Gasteiger partial charge in [-0.3, -0.25) is 0 Å². The van der Waals surface area contributed by atoms with E-state index < -0.39 is 0 Å². The number of aromatic nitrogens is 2. The van der Waals surface area contributed by atoms with Crippen LogP contribution < -0.4 is 16.4 Å². The smallest absolute Gasteiger partial charge is 0.224 e. The highest BCUT2D eigenvalue weighted by atomic mass is 79.9. The van der Waals surface area contributed by atoms with Crippen LogP contribution in [0.15, 0.2) is 52.2 Å². The average Bonchev–Trinajstić information content (AvgIpc) is 3.28. The summed E-state index contributed by atoms with van der Waals surface area (Å²) >= 11 is 5.20. The zero-order chi connectivity index (χ0) is 16.9. The molecule has 0 aliphatic heterocycles. The average molecular weight is 406 g/mol. The molecule has 0 spiro atoms. The molecule has 1 fully saturated rings. The number of nitrogens with zero attached hydrogens (tertiary/aromatic N) is 2. The predicted molar refractivity (Wildman–Crippen MR) is 104 cm³/mol. The van der Waals surface area contributed by atoms with Crippen molar-refractivity contribution < 1.29 is 0 Å². The Balaban J connectivity index is 1.59. The highest BCUT2D eigenvalue weighted by Gasteiger charge is 2.23. The van der Waals surface area contributed by atoms with E-state index in [9.17, 15) is 0 Å². The minimum Gasteiger partial charge on any atom is -0.385 e. The van der Waals surface area contributed by atoms with Gasteiger partial charge in [-0.15, -0.1) is 11.3 Å². The zero-order valence-electron chi connectivity index (χ0n) is 13.3. The lowest BCUT2D eigenvalue weighted by Gasteiger charge is -2.10. The molecular weight excluding hydrogens is 386 g/mol. The van der Waals surface area contributed by atoms with Crippen LogP contribution in [0.4, 0.5) is 11.8 Å². The van der Waals surface area contributed by atoms with Crippen molar-refractivity contribution in [3.63, 3.8) is 0 Å². The summed E-state index contributed by atoms with van der Waals surface area (Å²) in [6.07, 6.45) is 6.96. The van der Waals surface area contributed by atoms with Gasteiger partial charge >= 0.3 is 0 Å². The van der Waals surface area contributed by atoms with E-state index in [1.54, 1.807) is 17.5 Å². The normalized spacial score (nSPS) is 14.5. The molecule has 0 radical (unpaired) electrons. The first-order valence-corrected chi connectivity index (χ1v) is 9.51. The summed E-state index contributed by atoms with van der Waals surface area (Å²) < 4.78 is 0.764. The van der Waals surface area contributed by atoms with E-state index in [-0.39, 0.29) is 0 Å². The number of anilines is 2. The van der Waals surface area contributed by atoms with Crippen LogP contribution >= 0.6 is 27.3 Å². The quantitative estimate of drug-likeness (QED) is 0.575. The first kappa shape index (κ1) is 17.0. The second-order valence-electron chi connectivity index (χ2n) is 5.72. The van der Waals surface area contributed by atoms with Crippen molar-refractivity contribution in [2.45, 2.75) is 19.3 Å². The summed E-state index contributed by atoms with van der Waals surface area (Å²) in [6, 6.07) is 4.18. The molecule has 24 heavy (non-hydrogen) atoms. The van der Waals surface area contributed by atoms with Crippen LogP contribution in [0.1, 0.15) is 17.7 Å². The summed E-state index contributed by atoms with van der Waals surface area (Å²) in [5.41, 5.74) is 7.11. The van der Waals surface area contributed by atoms with Gasteiger partial charge in [-0.05, 0) is 64.2 Å². The molecule has 1 aliphatic carbocycles. The van der Waals surface area contributed by atoms with Gasteiger partial charge in [0, 0.05) is 17.6 Å². The summed E-state index contributed by atoms with van der Waals surface area (Å²) in [6.45, 7) is 4.83. The first-order chi connectivity index (χ1) is 11.6. The Bertz CT molecular complexity index is 737. The minimum atomic E-state index is 0.538. The van der Waals surface area contributed by atoms with Crippen molar-refractivity contribution in [2.24, 2.45) is 11.7 Å². The Labute approximate surface area is 154 Å². The molecule has 0 bridgehead atoms. The number of hydrogen-bond acceptors (Lipinski definition) is 6. The fraction of sp³-hybridized carbons (Fsp3) is 0.294. The van der Waals surface area contributed by atoms with Crippen LogP contribution in [0.2, 0.25) is 0 Å².